The molecule has 6 aromatic rings. The predicted molar refractivity (Wildman–Crippen MR) is 208 cm³/mol. The molecule has 236 valence electrons. The molecule has 3 aliphatic carbocycles. The van der Waals surface area contributed by atoms with Crippen molar-refractivity contribution < 1.29 is 0 Å². The van der Waals surface area contributed by atoms with Gasteiger partial charge in [-0.2, -0.15) is 0 Å². The van der Waals surface area contributed by atoms with E-state index in [1.54, 1.807) is 0 Å². The molecule has 0 bridgehead atoms. The summed E-state index contributed by atoms with van der Waals surface area (Å²) in [6, 6.07) is 35.7. The lowest BCUT2D eigenvalue weighted by molar-refractivity contribution is 0.592. The minimum Gasteiger partial charge on any atom is -0.274 e. The van der Waals surface area contributed by atoms with E-state index in [4.69, 9.17) is 9.98 Å². The molecular weight excluding hydrogens is 613 g/mol. The third kappa shape index (κ3) is 4.38. The molecule has 3 atom stereocenters. The smallest absolute Gasteiger partial charge is 0.103 e. The standard InChI is InChI=1S/C46H36N2S/c1-27-8-6-11-36-42(27)34-23-20-32(26-37(34)46(36,2)3)39-25-22-31-19-18-30-21-24-38(47-44(30)45(31)48-39)29-16-14-28(15-17-29)33-10-7-13-41-43(33)35-9-4-5-12-40(35)49-41/h4-7,9-27,30,44H,8H2,1-3H3. The van der Waals surface area contributed by atoms with Crippen molar-refractivity contribution in [1.29, 1.82) is 0 Å². The van der Waals surface area contributed by atoms with Gasteiger partial charge in [-0.15, -0.1) is 11.3 Å². The van der Waals surface area contributed by atoms with Gasteiger partial charge in [0.2, 0.25) is 0 Å². The Morgan fingerprint density at radius 2 is 1.53 bits per heavy atom. The van der Waals surface area contributed by atoms with Crippen LogP contribution in [0.15, 0.2) is 138 Å². The highest BCUT2D eigenvalue weighted by atomic mass is 32.1. The second kappa shape index (κ2) is 10.7. The Bertz CT molecular complexity index is 2520. The van der Waals surface area contributed by atoms with Gasteiger partial charge in [0.05, 0.1) is 17.1 Å². The summed E-state index contributed by atoms with van der Waals surface area (Å²) in [4.78, 5) is 10.7. The van der Waals surface area contributed by atoms with Crippen molar-refractivity contribution in [3.63, 3.8) is 0 Å². The van der Waals surface area contributed by atoms with Gasteiger partial charge in [-0.05, 0) is 87.2 Å². The Labute approximate surface area is 291 Å². The molecule has 0 amide bonds. The number of rotatable bonds is 3. The number of pyridine rings is 1. The lowest BCUT2D eigenvalue weighted by atomic mass is 9.78. The number of fused-ring (bicyclic) bond motifs is 8. The topological polar surface area (TPSA) is 25.2 Å². The number of dihydropyridines is 1. The Hall–Kier alpha value is -5.12. The molecule has 4 aromatic carbocycles. The molecule has 0 radical (unpaired) electrons. The zero-order valence-electron chi connectivity index (χ0n) is 27.9. The highest BCUT2D eigenvalue weighted by Crippen LogP contribution is 2.52. The molecule has 0 spiro atoms. The number of hydrogen-bond donors (Lipinski definition) is 0. The fourth-order valence-corrected chi connectivity index (χ4v) is 9.80. The maximum atomic E-state index is 5.38. The lowest BCUT2D eigenvalue weighted by Gasteiger charge is -2.28. The van der Waals surface area contributed by atoms with Crippen LogP contribution < -0.4 is 0 Å². The van der Waals surface area contributed by atoms with Crippen LogP contribution in [0.5, 0.6) is 0 Å². The molecule has 3 heterocycles. The maximum absolute atomic E-state index is 5.38. The van der Waals surface area contributed by atoms with Gasteiger partial charge in [0.1, 0.15) is 6.04 Å². The van der Waals surface area contributed by atoms with Crippen molar-refractivity contribution in [2.45, 2.75) is 38.6 Å². The SMILES string of the molecule is CC1CC=CC2=C1c1ccc(-c3ccc4c(n3)C3N=C(c5ccc(-c6cccc7sc8ccccc8c67)cc5)C=CC3C=C4)cc1C2(C)C. The van der Waals surface area contributed by atoms with Gasteiger partial charge in [-0.25, -0.2) is 4.98 Å². The average molecular weight is 649 g/mol. The van der Waals surface area contributed by atoms with Crippen molar-refractivity contribution in [1.82, 2.24) is 4.98 Å². The fraction of sp³-hybridized carbons (Fsp3) is 0.174. The molecule has 49 heavy (non-hydrogen) atoms. The molecule has 10 rings (SSSR count). The molecule has 1 aliphatic heterocycles. The molecule has 0 saturated carbocycles. The first kappa shape index (κ1) is 28.9. The largest absolute Gasteiger partial charge is 0.274 e. The van der Waals surface area contributed by atoms with E-state index in [1.807, 2.05) is 11.3 Å². The van der Waals surface area contributed by atoms with Crippen LogP contribution in [-0.2, 0) is 5.41 Å². The van der Waals surface area contributed by atoms with E-state index in [0.29, 0.717) is 5.92 Å². The molecule has 3 unspecified atom stereocenters. The summed E-state index contributed by atoms with van der Waals surface area (Å²) >= 11 is 1.87. The first-order valence-corrected chi connectivity index (χ1v) is 18.3. The maximum Gasteiger partial charge on any atom is 0.103 e. The second-order valence-electron chi connectivity index (χ2n) is 14.5. The molecule has 2 aromatic heterocycles. The van der Waals surface area contributed by atoms with Crippen molar-refractivity contribution in [3.05, 3.63) is 161 Å². The number of allylic oxidation sites excluding steroid dienone is 5. The van der Waals surface area contributed by atoms with Gasteiger partial charge in [0.15, 0.2) is 0 Å². The summed E-state index contributed by atoms with van der Waals surface area (Å²) in [5.41, 5.74) is 14.9. The summed E-state index contributed by atoms with van der Waals surface area (Å²) < 4.78 is 2.66. The van der Waals surface area contributed by atoms with E-state index in [2.05, 4.69) is 154 Å². The van der Waals surface area contributed by atoms with Gasteiger partial charge in [-0.3, -0.25) is 4.99 Å². The number of aromatic nitrogens is 1. The van der Waals surface area contributed by atoms with Crippen molar-refractivity contribution in [2.24, 2.45) is 16.8 Å². The van der Waals surface area contributed by atoms with Gasteiger partial charge in [0, 0.05) is 37.1 Å². The molecule has 0 saturated heterocycles. The first-order chi connectivity index (χ1) is 23.9. The summed E-state index contributed by atoms with van der Waals surface area (Å²) in [6.45, 7) is 7.11. The van der Waals surface area contributed by atoms with E-state index in [0.717, 1.165) is 34.6 Å². The van der Waals surface area contributed by atoms with E-state index in [1.165, 1.54) is 59.1 Å². The van der Waals surface area contributed by atoms with Gasteiger partial charge in [0.25, 0.3) is 0 Å². The Morgan fingerprint density at radius 3 is 2.43 bits per heavy atom. The molecular formula is C46H36N2S. The third-order valence-electron chi connectivity index (χ3n) is 11.3. The zero-order valence-corrected chi connectivity index (χ0v) is 28.8. The van der Waals surface area contributed by atoms with Gasteiger partial charge >= 0.3 is 0 Å². The van der Waals surface area contributed by atoms with E-state index >= 15 is 0 Å². The van der Waals surface area contributed by atoms with Crippen LogP contribution in [0.3, 0.4) is 0 Å². The summed E-state index contributed by atoms with van der Waals surface area (Å²) in [5.74, 6) is 0.751. The minimum atomic E-state index is -0.0450. The second-order valence-corrected chi connectivity index (χ2v) is 15.6. The van der Waals surface area contributed by atoms with Crippen LogP contribution in [0.1, 0.15) is 61.2 Å². The van der Waals surface area contributed by atoms with Crippen LogP contribution in [0.4, 0.5) is 0 Å². The molecule has 3 heteroatoms. The fourth-order valence-electron chi connectivity index (χ4n) is 8.66. The van der Waals surface area contributed by atoms with Crippen LogP contribution in [-0.4, -0.2) is 10.7 Å². The Kier molecular flexibility index (Phi) is 6.29. The number of benzene rings is 4. The quantitative estimate of drug-likeness (QED) is 0.187. The van der Waals surface area contributed by atoms with E-state index in [-0.39, 0.29) is 17.4 Å². The number of nitrogens with zero attached hydrogens (tertiary/aromatic N) is 2. The summed E-state index contributed by atoms with van der Waals surface area (Å²) in [6.07, 6.45) is 14.8. The van der Waals surface area contributed by atoms with Gasteiger partial charge in [-0.1, -0.05) is 124 Å². The highest BCUT2D eigenvalue weighted by Gasteiger charge is 2.39. The van der Waals surface area contributed by atoms with E-state index in [9.17, 15) is 0 Å². The molecule has 0 N–H and O–H groups in total. The van der Waals surface area contributed by atoms with Gasteiger partial charge < -0.3 is 0 Å². The van der Waals surface area contributed by atoms with Crippen LogP contribution in [0.25, 0.3) is 54.2 Å². The summed E-state index contributed by atoms with van der Waals surface area (Å²) in [5, 5.41) is 2.67. The van der Waals surface area contributed by atoms with E-state index < -0.39 is 0 Å². The minimum absolute atomic E-state index is 0.0131. The number of hydrogen-bond acceptors (Lipinski definition) is 3. The predicted octanol–water partition coefficient (Wildman–Crippen LogP) is 12.2. The van der Waals surface area contributed by atoms with Crippen molar-refractivity contribution in [3.8, 4) is 22.4 Å². The third-order valence-corrected chi connectivity index (χ3v) is 12.4. The van der Waals surface area contributed by atoms with Crippen molar-refractivity contribution >= 4 is 48.9 Å². The zero-order chi connectivity index (χ0) is 32.9. The number of thiophene rings is 1. The normalized spacial score (nSPS) is 21.4. The van der Waals surface area contributed by atoms with Crippen LogP contribution in [0, 0.1) is 11.8 Å². The summed E-state index contributed by atoms with van der Waals surface area (Å²) in [7, 11) is 0. The molecule has 4 aliphatic rings. The first-order valence-electron chi connectivity index (χ1n) is 17.5. The highest BCUT2D eigenvalue weighted by molar-refractivity contribution is 7.25. The van der Waals surface area contributed by atoms with Crippen LogP contribution in [0.2, 0.25) is 0 Å². The number of aliphatic imine (C=N–C) groups is 1. The average Bonchev–Trinajstić information content (AvgIpc) is 3.64. The van der Waals surface area contributed by atoms with Crippen LogP contribution >= 0.6 is 11.3 Å². The monoisotopic (exact) mass is 648 g/mol. The molecule has 0 fully saturated rings. The lowest BCUT2D eigenvalue weighted by Crippen LogP contribution is -2.19. The molecule has 2 nitrogen and oxygen atoms in total. The Morgan fingerprint density at radius 1 is 0.735 bits per heavy atom. The Balaban J connectivity index is 0.989. The van der Waals surface area contributed by atoms with Crippen molar-refractivity contribution in [2.75, 3.05) is 0 Å².